The number of aromatic nitrogens is 1. The summed E-state index contributed by atoms with van der Waals surface area (Å²) in [5.41, 5.74) is 5.14. The Hall–Kier alpha value is -4.08. The van der Waals surface area contributed by atoms with Crippen LogP contribution in [0.4, 0.5) is 13.2 Å². The highest BCUT2D eigenvalue weighted by Gasteiger charge is 2.30. The molecule has 5 aromatic rings. The second kappa shape index (κ2) is 14.3. The van der Waals surface area contributed by atoms with Gasteiger partial charge in [-0.2, -0.15) is 13.2 Å². The first-order valence-corrected chi connectivity index (χ1v) is 16.2. The average Bonchev–Trinajstić information content (AvgIpc) is 3.42. The molecule has 1 atom stereocenters. The van der Waals surface area contributed by atoms with E-state index >= 15 is 0 Å². The number of thiazole rings is 1. The molecule has 1 heterocycles. The van der Waals surface area contributed by atoms with Crippen LogP contribution in [-0.4, -0.2) is 24.2 Å². The number of ether oxygens (including phenoxy) is 2. The van der Waals surface area contributed by atoms with Crippen molar-refractivity contribution in [2.75, 3.05) is 13.2 Å². The molecule has 0 amide bonds. The number of carbonyl (C=O) groups is 1. The number of alkyl halides is 3. The maximum atomic E-state index is 13.2. The molecule has 0 fully saturated rings. The molecule has 0 N–H and O–H groups in total. The fourth-order valence-electron chi connectivity index (χ4n) is 4.86. The Balaban J connectivity index is 1.42. The van der Waals surface area contributed by atoms with Gasteiger partial charge >= 0.3 is 12.1 Å². The van der Waals surface area contributed by atoms with Crippen molar-refractivity contribution >= 4 is 29.1 Å². The molecule has 45 heavy (non-hydrogen) atoms. The van der Waals surface area contributed by atoms with Crippen molar-refractivity contribution in [3.63, 3.8) is 0 Å². The van der Waals surface area contributed by atoms with Crippen LogP contribution in [-0.2, 0) is 22.1 Å². The summed E-state index contributed by atoms with van der Waals surface area (Å²) in [5.74, 6) is 0.192. The molecular formula is C36H32F3NO3S2. The first-order valence-electron chi connectivity index (χ1n) is 14.5. The highest BCUT2D eigenvalue weighted by atomic mass is 32.2. The zero-order chi connectivity index (χ0) is 32.0. The van der Waals surface area contributed by atoms with E-state index in [1.165, 1.54) is 23.5 Å². The van der Waals surface area contributed by atoms with E-state index in [2.05, 4.69) is 36.4 Å². The maximum Gasteiger partial charge on any atom is 0.416 e. The summed E-state index contributed by atoms with van der Waals surface area (Å²) < 4.78 is 50.1. The van der Waals surface area contributed by atoms with Crippen LogP contribution in [0.25, 0.3) is 21.7 Å². The average molecular weight is 648 g/mol. The molecule has 4 nitrogen and oxygen atoms in total. The molecule has 0 radical (unpaired) electrons. The van der Waals surface area contributed by atoms with Gasteiger partial charge in [-0.1, -0.05) is 66.7 Å². The first kappa shape index (κ1) is 32.3. The summed E-state index contributed by atoms with van der Waals surface area (Å²) >= 11 is 3.20. The van der Waals surface area contributed by atoms with Gasteiger partial charge < -0.3 is 9.47 Å². The van der Waals surface area contributed by atoms with Gasteiger partial charge in [0.15, 0.2) is 6.61 Å². The van der Waals surface area contributed by atoms with Crippen LogP contribution < -0.4 is 4.74 Å². The van der Waals surface area contributed by atoms with Crippen LogP contribution in [0.5, 0.6) is 5.75 Å². The summed E-state index contributed by atoms with van der Waals surface area (Å²) in [4.78, 5) is 18.6. The summed E-state index contributed by atoms with van der Waals surface area (Å²) in [6, 6.07) is 29.7. The predicted molar refractivity (Wildman–Crippen MR) is 175 cm³/mol. The zero-order valence-electron chi connectivity index (χ0n) is 25.1. The minimum absolute atomic E-state index is 0.0148. The molecule has 0 saturated heterocycles. The van der Waals surface area contributed by atoms with Crippen LogP contribution in [0.1, 0.15) is 39.4 Å². The van der Waals surface area contributed by atoms with E-state index < -0.39 is 17.7 Å². The van der Waals surface area contributed by atoms with Gasteiger partial charge in [-0.3, -0.25) is 0 Å². The minimum Gasteiger partial charge on any atom is -0.482 e. The molecule has 1 unspecified atom stereocenters. The van der Waals surface area contributed by atoms with Crippen molar-refractivity contribution in [2.24, 2.45) is 0 Å². The minimum atomic E-state index is -4.39. The van der Waals surface area contributed by atoms with Gasteiger partial charge in [0.1, 0.15) is 10.8 Å². The summed E-state index contributed by atoms with van der Waals surface area (Å²) in [5, 5.41) is 0.666. The number of halogens is 3. The molecule has 0 aliphatic heterocycles. The molecular weight excluding hydrogens is 616 g/mol. The van der Waals surface area contributed by atoms with Crippen molar-refractivity contribution in [2.45, 2.75) is 43.5 Å². The Kier molecular flexibility index (Phi) is 10.3. The molecule has 0 bridgehead atoms. The first-order chi connectivity index (χ1) is 21.6. The van der Waals surface area contributed by atoms with E-state index in [0.717, 1.165) is 56.3 Å². The lowest BCUT2D eigenvalue weighted by molar-refractivity contribution is -0.145. The summed E-state index contributed by atoms with van der Waals surface area (Å²) in [7, 11) is 0. The molecule has 1 aromatic heterocycles. The third-order valence-corrected chi connectivity index (χ3v) is 9.82. The molecule has 0 spiro atoms. The van der Waals surface area contributed by atoms with Crippen molar-refractivity contribution in [1.29, 1.82) is 0 Å². The van der Waals surface area contributed by atoms with Crippen LogP contribution >= 0.6 is 23.1 Å². The Morgan fingerprint density at radius 1 is 0.889 bits per heavy atom. The Bertz CT molecular complexity index is 1730. The quantitative estimate of drug-likeness (QED) is 0.105. The van der Waals surface area contributed by atoms with E-state index in [-0.39, 0.29) is 11.9 Å². The van der Waals surface area contributed by atoms with E-state index in [4.69, 9.17) is 14.5 Å². The predicted octanol–water partition coefficient (Wildman–Crippen LogP) is 10.1. The Morgan fingerprint density at radius 2 is 1.56 bits per heavy atom. The van der Waals surface area contributed by atoms with E-state index in [9.17, 15) is 18.0 Å². The number of carbonyl (C=O) groups excluding carboxylic acids is 1. The lowest BCUT2D eigenvalue weighted by atomic mass is 10.0. The number of rotatable bonds is 11. The molecule has 5 rings (SSSR count). The van der Waals surface area contributed by atoms with Crippen molar-refractivity contribution < 1.29 is 27.4 Å². The third-order valence-electron chi connectivity index (χ3n) is 7.14. The van der Waals surface area contributed by atoms with Gasteiger partial charge in [0.2, 0.25) is 0 Å². The van der Waals surface area contributed by atoms with Gasteiger partial charge in [-0.15, -0.1) is 23.1 Å². The van der Waals surface area contributed by atoms with Crippen LogP contribution in [0, 0.1) is 13.8 Å². The molecule has 0 aliphatic carbocycles. The summed E-state index contributed by atoms with van der Waals surface area (Å²) in [6.07, 6.45) is -3.67. The lowest BCUT2D eigenvalue weighted by Gasteiger charge is -2.18. The molecule has 0 saturated carbocycles. The van der Waals surface area contributed by atoms with Crippen molar-refractivity contribution in [3.8, 4) is 27.4 Å². The molecule has 0 aliphatic rings. The van der Waals surface area contributed by atoms with E-state index in [1.807, 2.05) is 50.2 Å². The van der Waals surface area contributed by atoms with Gasteiger partial charge in [-0.25, -0.2) is 9.78 Å². The fraction of sp³-hybridized carbons (Fsp3) is 0.222. The maximum absolute atomic E-state index is 13.2. The number of hydrogen-bond donors (Lipinski definition) is 0. The molecule has 232 valence electrons. The molecule has 9 heteroatoms. The van der Waals surface area contributed by atoms with Crippen LogP contribution in [0.3, 0.4) is 0 Å². The van der Waals surface area contributed by atoms with Crippen LogP contribution in [0.15, 0.2) is 102 Å². The number of hydrogen-bond acceptors (Lipinski definition) is 6. The zero-order valence-corrected chi connectivity index (χ0v) is 26.7. The monoisotopic (exact) mass is 647 g/mol. The van der Waals surface area contributed by atoms with Gasteiger partial charge in [-0.05, 0) is 79.8 Å². The number of aryl methyl sites for hydroxylation is 2. The second-order valence-corrected chi connectivity index (χ2v) is 12.7. The highest BCUT2D eigenvalue weighted by Crippen LogP contribution is 2.44. The number of thioether (sulfide) groups is 1. The normalized spacial score (nSPS) is 12.1. The van der Waals surface area contributed by atoms with Gasteiger partial charge in [0.05, 0.1) is 17.9 Å². The standard InChI is InChI=1S/C36H32F3NO3S2/c1-4-42-33(41)22-43-31-19-18-30(20-23(31)2)44-32(21-25-10-12-27(13-11-25)26-8-6-5-7-9-26)34-24(3)40-35(45-34)28-14-16-29(17-15-28)36(37,38)39/h5-20,32H,4,21-22H2,1-3H3. The van der Waals surface area contributed by atoms with E-state index in [1.54, 1.807) is 18.7 Å². The van der Waals surface area contributed by atoms with Gasteiger partial charge in [0.25, 0.3) is 0 Å². The van der Waals surface area contributed by atoms with E-state index in [0.29, 0.717) is 22.9 Å². The smallest absolute Gasteiger partial charge is 0.416 e. The Labute approximate surface area is 269 Å². The fourth-order valence-corrected chi connectivity index (χ4v) is 7.47. The van der Waals surface area contributed by atoms with Gasteiger partial charge in [0, 0.05) is 20.6 Å². The van der Waals surface area contributed by atoms with Crippen molar-refractivity contribution in [3.05, 3.63) is 124 Å². The lowest BCUT2D eigenvalue weighted by Crippen LogP contribution is -2.14. The molecule has 4 aromatic carbocycles. The number of nitrogens with zero attached hydrogens (tertiary/aromatic N) is 1. The summed E-state index contributed by atoms with van der Waals surface area (Å²) in [6.45, 7) is 5.77. The largest absolute Gasteiger partial charge is 0.482 e. The number of benzene rings is 4. The highest BCUT2D eigenvalue weighted by molar-refractivity contribution is 7.99. The van der Waals surface area contributed by atoms with Crippen molar-refractivity contribution in [1.82, 2.24) is 4.98 Å². The SMILES string of the molecule is CCOC(=O)COc1ccc(SC(Cc2ccc(-c3ccccc3)cc2)c2sc(-c3ccc(C(F)(F)F)cc3)nc2C)cc1C. The number of esters is 1. The Morgan fingerprint density at radius 3 is 2.20 bits per heavy atom. The topological polar surface area (TPSA) is 48.4 Å². The van der Waals surface area contributed by atoms with Crippen LogP contribution in [0.2, 0.25) is 0 Å². The second-order valence-electron chi connectivity index (χ2n) is 10.4. The third kappa shape index (κ3) is 8.35.